The quantitative estimate of drug-likeness (QED) is 0.762. The zero-order valence-corrected chi connectivity index (χ0v) is 18.3. The van der Waals surface area contributed by atoms with E-state index >= 15 is 0 Å². The van der Waals surface area contributed by atoms with Crippen molar-refractivity contribution in [2.45, 2.75) is 39.0 Å². The first kappa shape index (κ1) is 20.0. The van der Waals surface area contributed by atoms with E-state index in [1.807, 2.05) is 30.0 Å². The van der Waals surface area contributed by atoms with E-state index in [1.165, 1.54) is 18.4 Å². The molecule has 0 unspecified atom stereocenters. The van der Waals surface area contributed by atoms with Crippen LogP contribution in [0.15, 0.2) is 30.3 Å². The molecule has 0 spiro atoms. The lowest BCUT2D eigenvalue weighted by molar-refractivity contribution is -0.136. The third-order valence-corrected chi connectivity index (χ3v) is 6.86. The Bertz CT molecular complexity index is 994. The number of amides is 2. The van der Waals surface area contributed by atoms with Crippen LogP contribution in [-0.2, 0) is 9.59 Å². The Morgan fingerprint density at radius 1 is 0.968 bits per heavy atom. The van der Waals surface area contributed by atoms with Crippen molar-refractivity contribution in [3.05, 3.63) is 47.2 Å². The molecule has 7 heteroatoms. The van der Waals surface area contributed by atoms with Crippen LogP contribution in [-0.4, -0.2) is 59.6 Å². The van der Waals surface area contributed by atoms with Gasteiger partial charge in [-0.1, -0.05) is 6.07 Å². The monoisotopic (exact) mass is 419 g/mol. The number of nitrogens with zero attached hydrogens (tertiary/aromatic N) is 5. The predicted octanol–water partition coefficient (Wildman–Crippen LogP) is 2.67. The van der Waals surface area contributed by atoms with Gasteiger partial charge in [-0.3, -0.25) is 9.59 Å². The Hall–Kier alpha value is -2.96. The smallest absolute Gasteiger partial charge is 0.228 e. The summed E-state index contributed by atoms with van der Waals surface area (Å²) < 4.78 is 0. The first-order valence-corrected chi connectivity index (χ1v) is 11.2. The highest BCUT2D eigenvalue weighted by atomic mass is 16.2. The summed E-state index contributed by atoms with van der Waals surface area (Å²) in [6.45, 7) is 7.36. The Balaban J connectivity index is 1.18. The first-order chi connectivity index (χ1) is 15.0. The van der Waals surface area contributed by atoms with E-state index in [2.05, 4.69) is 34.2 Å². The third kappa shape index (κ3) is 4.01. The average Bonchev–Trinajstić information content (AvgIpc) is 3.57. The summed E-state index contributed by atoms with van der Waals surface area (Å²) in [5.74, 6) is 1.35. The number of benzene rings is 1. The molecule has 1 aliphatic carbocycles. The lowest BCUT2D eigenvalue weighted by Crippen LogP contribution is -2.51. The van der Waals surface area contributed by atoms with Gasteiger partial charge in [-0.05, 0) is 62.1 Å². The SMILES string of the molecule is Cc1ccc(N2C[C@@H](C(=O)N3CCN(c4ccc(C5CC5)nn4)CC3)CC2=O)cc1C. The minimum absolute atomic E-state index is 0.0336. The van der Waals surface area contributed by atoms with Gasteiger partial charge < -0.3 is 14.7 Å². The molecule has 2 aromatic rings. The van der Waals surface area contributed by atoms with Crippen molar-refractivity contribution in [2.24, 2.45) is 5.92 Å². The fourth-order valence-electron chi connectivity index (χ4n) is 4.53. The van der Waals surface area contributed by atoms with Gasteiger partial charge in [0.1, 0.15) is 0 Å². The Kier molecular flexibility index (Phi) is 5.12. The molecule has 1 saturated carbocycles. The van der Waals surface area contributed by atoms with E-state index < -0.39 is 0 Å². The maximum atomic E-state index is 13.1. The third-order valence-electron chi connectivity index (χ3n) is 6.86. The summed E-state index contributed by atoms with van der Waals surface area (Å²) in [6, 6.07) is 10.2. The number of aromatic nitrogens is 2. The molecule has 2 amide bonds. The number of anilines is 2. The van der Waals surface area contributed by atoms with Crippen LogP contribution < -0.4 is 9.80 Å². The molecule has 5 rings (SSSR count). The van der Waals surface area contributed by atoms with Gasteiger partial charge in [-0.15, -0.1) is 5.10 Å². The van der Waals surface area contributed by atoms with Crippen molar-refractivity contribution >= 4 is 23.3 Å². The van der Waals surface area contributed by atoms with Crippen LogP contribution in [0.4, 0.5) is 11.5 Å². The number of carbonyl (C=O) groups is 2. The van der Waals surface area contributed by atoms with Gasteiger partial charge in [0, 0.05) is 50.7 Å². The fourth-order valence-corrected chi connectivity index (χ4v) is 4.53. The van der Waals surface area contributed by atoms with Gasteiger partial charge in [0.25, 0.3) is 0 Å². The minimum atomic E-state index is -0.265. The van der Waals surface area contributed by atoms with Crippen LogP contribution in [0.5, 0.6) is 0 Å². The van der Waals surface area contributed by atoms with E-state index in [4.69, 9.17) is 0 Å². The molecule has 3 aliphatic rings. The molecule has 7 nitrogen and oxygen atoms in total. The second kappa shape index (κ2) is 7.94. The molecule has 2 aliphatic heterocycles. The van der Waals surface area contributed by atoms with E-state index in [9.17, 15) is 9.59 Å². The molecule has 31 heavy (non-hydrogen) atoms. The van der Waals surface area contributed by atoms with E-state index in [1.54, 1.807) is 4.90 Å². The second-order valence-corrected chi connectivity index (χ2v) is 9.08. The number of aryl methyl sites for hydroxylation is 2. The van der Waals surface area contributed by atoms with Crippen molar-refractivity contribution < 1.29 is 9.59 Å². The standard InChI is InChI=1S/C24H29N5O2/c1-16-3-6-20(13-17(16)2)29-15-19(14-23(29)30)24(31)28-11-9-27(10-12-28)22-8-7-21(25-26-22)18-4-5-18/h3,6-8,13,18-19H,4-5,9-12,14-15H2,1-2H3/t19-/m0/s1. The van der Waals surface area contributed by atoms with Crippen LogP contribution in [0.3, 0.4) is 0 Å². The van der Waals surface area contributed by atoms with Crippen LogP contribution in [0, 0.1) is 19.8 Å². The number of rotatable bonds is 4. The predicted molar refractivity (Wildman–Crippen MR) is 119 cm³/mol. The largest absolute Gasteiger partial charge is 0.352 e. The van der Waals surface area contributed by atoms with Crippen molar-refractivity contribution in [3.8, 4) is 0 Å². The Morgan fingerprint density at radius 2 is 1.74 bits per heavy atom. The van der Waals surface area contributed by atoms with Gasteiger partial charge in [-0.25, -0.2) is 0 Å². The minimum Gasteiger partial charge on any atom is -0.352 e. The second-order valence-electron chi connectivity index (χ2n) is 9.08. The van der Waals surface area contributed by atoms with E-state index in [0.717, 1.165) is 35.9 Å². The summed E-state index contributed by atoms with van der Waals surface area (Å²) >= 11 is 0. The zero-order valence-electron chi connectivity index (χ0n) is 18.3. The van der Waals surface area contributed by atoms with Gasteiger partial charge in [0.05, 0.1) is 11.6 Å². The number of hydrogen-bond acceptors (Lipinski definition) is 5. The van der Waals surface area contributed by atoms with Crippen LogP contribution in [0.2, 0.25) is 0 Å². The molecular formula is C24H29N5O2. The highest BCUT2D eigenvalue weighted by Gasteiger charge is 2.38. The molecule has 0 N–H and O–H groups in total. The van der Waals surface area contributed by atoms with Crippen LogP contribution in [0.1, 0.15) is 42.0 Å². The molecule has 1 aromatic heterocycles. The molecule has 3 heterocycles. The van der Waals surface area contributed by atoms with E-state index in [0.29, 0.717) is 32.0 Å². The molecule has 0 radical (unpaired) electrons. The summed E-state index contributed by atoms with van der Waals surface area (Å²) in [6.07, 6.45) is 2.74. The number of hydrogen-bond donors (Lipinski definition) is 0. The fraction of sp³-hybridized carbons (Fsp3) is 0.500. The average molecular weight is 420 g/mol. The lowest BCUT2D eigenvalue weighted by Gasteiger charge is -2.36. The highest BCUT2D eigenvalue weighted by Crippen LogP contribution is 2.38. The maximum absolute atomic E-state index is 13.1. The normalized spacial score (nSPS) is 21.7. The Morgan fingerprint density at radius 3 is 2.39 bits per heavy atom. The van der Waals surface area contributed by atoms with Gasteiger partial charge in [0.2, 0.25) is 11.8 Å². The summed E-state index contributed by atoms with van der Waals surface area (Å²) in [5, 5.41) is 8.77. The zero-order chi connectivity index (χ0) is 21.5. The highest BCUT2D eigenvalue weighted by molar-refractivity contribution is 6.00. The maximum Gasteiger partial charge on any atom is 0.228 e. The van der Waals surface area contributed by atoms with Crippen LogP contribution >= 0.6 is 0 Å². The molecule has 162 valence electrons. The number of piperazine rings is 1. The first-order valence-electron chi connectivity index (χ1n) is 11.2. The molecule has 2 saturated heterocycles. The van der Waals surface area contributed by atoms with Crippen molar-refractivity contribution in [1.29, 1.82) is 0 Å². The summed E-state index contributed by atoms with van der Waals surface area (Å²) in [5.41, 5.74) is 4.34. The lowest BCUT2D eigenvalue weighted by atomic mass is 10.1. The van der Waals surface area contributed by atoms with Crippen molar-refractivity contribution in [1.82, 2.24) is 15.1 Å². The van der Waals surface area contributed by atoms with Crippen molar-refractivity contribution in [2.75, 3.05) is 42.5 Å². The van der Waals surface area contributed by atoms with Gasteiger partial charge in [-0.2, -0.15) is 5.10 Å². The Labute approximate surface area is 183 Å². The van der Waals surface area contributed by atoms with Crippen molar-refractivity contribution in [3.63, 3.8) is 0 Å². The van der Waals surface area contributed by atoms with E-state index in [-0.39, 0.29) is 17.7 Å². The molecule has 1 atom stereocenters. The summed E-state index contributed by atoms with van der Waals surface area (Å²) in [4.78, 5) is 31.6. The molecule has 3 fully saturated rings. The van der Waals surface area contributed by atoms with Crippen LogP contribution in [0.25, 0.3) is 0 Å². The molecular weight excluding hydrogens is 390 g/mol. The van der Waals surface area contributed by atoms with Gasteiger partial charge in [0.15, 0.2) is 5.82 Å². The molecule has 1 aromatic carbocycles. The topological polar surface area (TPSA) is 69.6 Å². The summed E-state index contributed by atoms with van der Waals surface area (Å²) in [7, 11) is 0. The number of carbonyl (C=O) groups excluding carboxylic acids is 2. The van der Waals surface area contributed by atoms with Gasteiger partial charge >= 0.3 is 0 Å². The molecule has 0 bridgehead atoms.